The van der Waals surface area contributed by atoms with Crippen molar-refractivity contribution in [1.29, 1.82) is 0 Å². The number of aliphatic hydroxyl groups is 3. The summed E-state index contributed by atoms with van der Waals surface area (Å²) in [6.07, 6.45) is -10.8. The van der Waals surface area contributed by atoms with Gasteiger partial charge in [0.05, 0.1) is 48.5 Å². The van der Waals surface area contributed by atoms with Gasteiger partial charge >= 0.3 is 17.9 Å². The lowest BCUT2D eigenvalue weighted by atomic mass is 9.74. The number of ketones is 1. The molecular weight excluding hydrogens is 760 g/mol. The molecule has 0 bridgehead atoms. The molecular formula is C42H72O16. The van der Waals surface area contributed by atoms with Crippen molar-refractivity contribution < 1.29 is 77.1 Å². The summed E-state index contributed by atoms with van der Waals surface area (Å²) >= 11 is 0. The number of methoxy groups -OCH3 is 2. The minimum atomic E-state index is -1.99. The van der Waals surface area contributed by atoms with E-state index in [0.29, 0.717) is 6.42 Å². The SMILES string of the molecule is COC1CC(C)OC(O[C@H]2[C@@H](C)[C@H](OC3CC(C)(OC)C(OC(C)=O)C(C)O3)[C@@H](C)C(=O)O[C@H](C(C)C(C)O)[C@H](C)[C@H](OC(C)=O)[C@@H](C)C(=O)[C@@](C)(O)C[C@@H]2C)C1O. The number of rotatable bonds is 10. The number of carbonyl (C=O) groups excluding carboxylic acids is 4. The maximum absolute atomic E-state index is 14.6. The zero-order valence-electron chi connectivity index (χ0n) is 37.2. The van der Waals surface area contributed by atoms with Gasteiger partial charge in [-0.3, -0.25) is 19.2 Å². The van der Waals surface area contributed by atoms with Crippen LogP contribution in [0, 0.1) is 35.5 Å². The molecule has 0 aromatic heterocycles. The van der Waals surface area contributed by atoms with Crippen LogP contribution in [0.15, 0.2) is 0 Å². The van der Waals surface area contributed by atoms with E-state index in [4.69, 9.17) is 42.6 Å². The number of esters is 3. The van der Waals surface area contributed by atoms with Crippen molar-refractivity contribution in [3.8, 4) is 0 Å². The van der Waals surface area contributed by atoms with Gasteiger partial charge in [0.1, 0.15) is 29.5 Å². The van der Waals surface area contributed by atoms with E-state index in [-0.39, 0.29) is 18.9 Å². The second-order valence-corrected chi connectivity index (χ2v) is 17.7. The summed E-state index contributed by atoms with van der Waals surface area (Å²) in [4.78, 5) is 53.5. The van der Waals surface area contributed by atoms with Crippen LogP contribution in [0.1, 0.15) is 109 Å². The summed E-state index contributed by atoms with van der Waals surface area (Å²) in [7, 11) is 2.98. The summed E-state index contributed by atoms with van der Waals surface area (Å²) in [5.41, 5.74) is -3.06. The molecule has 58 heavy (non-hydrogen) atoms. The molecule has 3 rings (SSSR count). The highest BCUT2D eigenvalue weighted by Gasteiger charge is 2.53. The van der Waals surface area contributed by atoms with Gasteiger partial charge in [-0.05, 0) is 53.9 Å². The van der Waals surface area contributed by atoms with E-state index in [1.165, 1.54) is 35.0 Å². The molecule has 3 heterocycles. The third kappa shape index (κ3) is 11.8. The molecule has 336 valence electrons. The lowest BCUT2D eigenvalue weighted by Gasteiger charge is -2.48. The largest absolute Gasteiger partial charge is 0.461 e. The third-order valence-corrected chi connectivity index (χ3v) is 12.7. The first-order valence-corrected chi connectivity index (χ1v) is 20.7. The van der Waals surface area contributed by atoms with Crippen LogP contribution in [-0.4, -0.2) is 138 Å². The van der Waals surface area contributed by atoms with E-state index < -0.39 is 138 Å². The Morgan fingerprint density at radius 1 is 0.828 bits per heavy atom. The Kier molecular flexibility index (Phi) is 17.7. The topological polar surface area (TPSA) is 212 Å². The predicted octanol–water partition coefficient (Wildman–Crippen LogP) is 3.50. The number of hydrogen-bond donors (Lipinski definition) is 3. The highest BCUT2D eigenvalue weighted by Crippen LogP contribution is 2.41. The van der Waals surface area contributed by atoms with Crippen molar-refractivity contribution in [3.63, 3.8) is 0 Å². The second-order valence-electron chi connectivity index (χ2n) is 17.7. The maximum Gasteiger partial charge on any atom is 0.311 e. The molecule has 20 atom stereocenters. The summed E-state index contributed by atoms with van der Waals surface area (Å²) < 4.78 is 55.0. The van der Waals surface area contributed by atoms with E-state index in [0.717, 1.165) is 0 Å². The molecule has 16 heteroatoms. The van der Waals surface area contributed by atoms with E-state index in [1.54, 1.807) is 62.3 Å². The Morgan fingerprint density at radius 2 is 1.43 bits per heavy atom. The van der Waals surface area contributed by atoms with Crippen molar-refractivity contribution in [2.24, 2.45) is 35.5 Å². The molecule has 3 aliphatic rings. The molecule has 10 unspecified atom stereocenters. The molecule has 0 aliphatic carbocycles. The lowest BCUT2D eigenvalue weighted by molar-refractivity contribution is -0.313. The van der Waals surface area contributed by atoms with Crippen LogP contribution >= 0.6 is 0 Å². The van der Waals surface area contributed by atoms with Crippen molar-refractivity contribution in [1.82, 2.24) is 0 Å². The summed E-state index contributed by atoms with van der Waals surface area (Å²) in [6.45, 7) is 20.9. The van der Waals surface area contributed by atoms with Gasteiger partial charge in [-0.25, -0.2) is 0 Å². The molecule has 16 nitrogen and oxygen atoms in total. The molecule has 3 fully saturated rings. The van der Waals surface area contributed by atoms with E-state index in [1.807, 2.05) is 6.92 Å². The Labute approximate surface area is 344 Å². The Balaban J connectivity index is 2.24. The number of carbonyl (C=O) groups is 4. The predicted molar refractivity (Wildman–Crippen MR) is 208 cm³/mol. The fourth-order valence-corrected chi connectivity index (χ4v) is 9.20. The van der Waals surface area contributed by atoms with Gasteiger partial charge in [-0.15, -0.1) is 0 Å². The smallest absolute Gasteiger partial charge is 0.311 e. The highest BCUT2D eigenvalue weighted by atomic mass is 16.7. The second kappa shape index (κ2) is 20.5. The number of Topliss-reactive ketones (excluding diaryl/α,β-unsaturated/α-hetero) is 1. The quantitative estimate of drug-likeness (QED) is 0.212. The average Bonchev–Trinajstić information content (AvgIpc) is 3.13. The van der Waals surface area contributed by atoms with Crippen molar-refractivity contribution in [2.75, 3.05) is 14.2 Å². The fraction of sp³-hybridized carbons (Fsp3) is 0.905. The molecule has 0 amide bonds. The van der Waals surface area contributed by atoms with Gasteiger partial charge in [0.25, 0.3) is 0 Å². The zero-order valence-corrected chi connectivity index (χ0v) is 37.2. The first-order chi connectivity index (χ1) is 26.8. The Hall–Kier alpha value is -2.28. The van der Waals surface area contributed by atoms with Gasteiger partial charge in [-0.2, -0.15) is 0 Å². The first kappa shape index (κ1) is 50.1. The zero-order chi connectivity index (χ0) is 44.2. The van der Waals surface area contributed by atoms with Crippen LogP contribution in [0.3, 0.4) is 0 Å². The normalized spacial score (nSPS) is 44.7. The Bertz CT molecular complexity index is 1390. The summed E-state index contributed by atoms with van der Waals surface area (Å²) in [5, 5.41) is 34.2. The molecule has 0 radical (unpaired) electrons. The van der Waals surface area contributed by atoms with Gasteiger partial charge in [-0.1, -0.05) is 34.6 Å². The first-order valence-electron chi connectivity index (χ1n) is 20.7. The van der Waals surface area contributed by atoms with Crippen molar-refractivity contribution in [3.05, 3.63) is 0 Å². The van der Waals surface area contributed by atoms with Crippen LogP contribution in [-0.2, 0) is 61.8 Å². The van der Waals surface area contributed by atoms with E-state index >= 15 is 0 Å². The molecule has 0 aromatic rings. The number of ether oxygens (including phenoxy) is 9. The fourth-order valence-electron chi connectivity index (χ4n) is 9.20. The molecule has 0 saturated carbocycles. The van der Waals surface area contributed by atoms with Crippen LogP contribution < -0.4 is 0 Å². The van der Waals surface area contributed by atoms with Crippen LogP contribution in [0.2, 0.25) is 0 Å². The van der Waals surface area contributed by atoms with E-state index in [9.17, 15) is 34.5 Å². The van der Waals surface area contributed by atoms with E-state index in [2.05, 4.69) is 0 Å². The summed E-state index contributed by atoms with van der Waals surface area (Å²) in [5.74, 6) is -7.59. The third-order valence-electron chi connectivity index (χ3n) is 12.7. The lowest BCUT2D eigenvalue weighted by Crippen LogP contribution is -2.59. The van der Waals surface area contributed by atoms with Gasteiger partial charge < -0.3 is 58.0 Å². The van der Waals surface area contributed by atoms with Gasteiger partial charge in [0.15, 0.2) is 24.5 Å². The Morgan fingerprint density at radius 3 is 1.97 bits per heavy atom. The molecule has 0 spiro atoms. The number of cyclic esters (lactones) is 1. The summed E-state index contributed by atoms with van der Waals surface area (Å²) in [6, 6.07) is 0. The average molecular weight is 833 g/mol. The van der Waals surface area contributed by atoms with Crippen LogP contribution in [0.5, 0.6) is 0 Å². The van der Waals surface area contributed by atoms with Gasteiger partial charge in [0, 0.05) is 58.7 Å². The molecule has 3 saturated heterocycles. The van der Waals surface area contributed by atoms with Crippen LogP contribution in [0.4, 0.5) is 0 Å². The van der Waals surface area contributed by atoms with Crippen molar-refractivity contribution in [2.45, 2.75) is 194 Å². The monoisotopic (exact) mass is 832 g/mol. The maximum atomic E-state index is 14.6. The van der Waals surface area contributed by atoms with Crippen LogP contribution in [0.25, 0.3) is 0 Å². The standard InChI is InChI=1S/C42H72O16/c1-19-17-41(12,49)37(47)24(6)35(54-28(10)44)23(5)34(21(3)26(8)43)57-39(48)25(7)36(22(4)33(19)58-40-32(46)30(50-14)16-20(2)52-40)56-31-18-42(13,51-15)38(27(9)53-31)55-29(11)45/h19-27,30-36,38,40,43,46,49H,16-18H2,1-15H3/t19-,20?,21?,22+,23-,24+,25+,26?,27?,30?,31?,32?,33+,34+,35-,36-,38?,40?,41-,42?/m0/s1. The molecule has 0 aromatic carbocycles. The molecule has 3 N–H and O–H groups in total. The van der Waals surface area contributed by atoms with Gasteiger partial charge in [0.2, 0.25) is 0 Å². The van der Waals surface area contributed by atoms with Crippen molar-refractivity contribution >= 4 is 23.7 Å². The minimum absolute atomic E-state index is 0.0826. The number of hydrogen-bond acceptors (Lipinski definition) is 16. The molecule has 3 aliphatic heterocycles. The highest BCUT2D eigenvalue weighted by molar-refractivity contribution is 5.89. The number of aliphatic hydroxyl groups excluding tert-OH is 2. The minimum Gasteiger partial charge on any atom is -0.461 e.